The molecule has 1 heterocycles. The molecule has 2 atom stereocenters. The van der Waals surface area contributed by atoms with E-state index in [9.17, 15) is 4.79 Å². The first-order valence-corrected chi connectivity index (χ1v) is 8.42. The van der Waals surface area contributed by atoms with Crippen LogP contribution in [0.2, 0.25) is 0 Å². The first kappa shape index (κ1) is 16.5. The Morgan fingerprint density at radius 1 is 1.21 bits per heavy atom. The van der Waals surface area contributed by atoms with Crippen LogP contribution in [-0.4, -0.2) is 25.2 Å². The van der Waals surface area contributed by atoms with Crippen LogP contribution in [0, 0.1) is 0 Å². The van der Waals surface area contributed by atoms with Gasteiger partial charge in [0.2, 0.25) is 0 Å². The molecule has 24 heavy (non-hydrogen) atoms. The Labute approximate surface area is 142 Å². The van der Waals surface area contributed by atoms with Gasteiger partial charge in [0.25, 0.3) is 5.91 Å². The van der Waals surface area contributed by atoms with Gasteiger partial charge in [0, 0.05) is 12.2 Å². The van der Waals surface area contributed by atoms with Crippen LogP contribution in [0.25, 0.3) is 0 Å². The van der Waals surface area contributed by atoms with Crippen molar-refractivity contribution in [1.29, 1.82) is 0 Å². The summed E-state index contributed by atoms with van der Waals surface area (Å²) in [6, 6.07) is 17.1. The third-order valence-electron chi connectivity index (χ3n) is 4.22. The fourth-order valence-corrected chi connectivity index (χ4v) is 2.77. The van der Waals surface area contributed by atoms with E-state index < -0.39 is 0 Å². The Balaban J connectivity index is 1.53. The van der Waals surface area contributed by atoms with Gasteiger partial charge in [-0.3, -0.25) is 4.79 Å². The van der Waals surface area contributed by atoms with Crippen LogP contribution in [-0.2, 0) is 4.74 Å². The predicted molar refractivity (Wildman–Crippen MR) is 93.2 cm³/mol. The number of hydrogen-bond acceptors (Lipinski definition) is 3. The second-order valence-electron chi connectivity index (χ2n) is 6.08. The molecule has 1 saturated heterocycles. The molecular weight excluding hydrogens is 302 g/mol. The van der Waals surface area contributed by atoms with E-state index >= 15 is 0 Å². The average Bonchev–Trinajstić information content (AvgIpc) is 3.14. The van der Waals surface area contributed by atoms with Gasteiger partial charge in [-0.05, 0) is 49.6 Å². The Bertz CT molecular complexity index is 648. The molecule has 0 aromatic heterocycles. The van der Waals surface area contributed by atoms with Gasteiger partial charge in [0.1, 0.15) is 12.4 Å². The Morgan fingerprint density at radius 3 is 2.62 bits per heavy atom. The molecule has 2 unspecified atom stereocenters. The molecule has 2 aromatic rings. The van der Waals surface area contributed by atoms with Crippen LogP contribution < -0.4 is 10.1 Å². The lowest BCUT2D eigenvalue weighted by molar-refractivity contribution is 0.0679. The lowest BCUT2D eigenvalue weighted by Crippen LogP contribution is -2.26. The number of nitrogens with one attached hydrogen (secondary N) is 1. The summed E-state index contributed by atoms with van der Waals surface area (Å²) in [5, 5.41) is 3.01. The molecule has 0 saturated carbocycles. The van der Waals surface area contributed by atoms with Crippen LogP contribution in [0.5, 0.6) is 5.75 Å². The van der Waals surface area contributed by atoms with Crippen molar-refractivity contribution in [3.8, 4) is 5.75 Å². The SMILES string of the molecule is CC(NC(=O)c1ccc(OCC2CCCO2)cc1)c1ccccc1. The van der Waals surface area contributed by atoms with Crippen LogP contribution in [0.1, 0.15) is 41.7 Å². The normalized spacial score (nSPS) is 18.1. The first-order chi connectivity index (χ1) is 11.7. The summed E-state index contributed by atoms with van der Waals surface area (Å²) in [7, 11) is 0. The third kappa shape index (κ3) is 4.36. The zero-order valence-corrected chi connectivity index (χ0v) is 13.9. The summed E-state index contributed by atoms with van der Waals surface area (Å²) in [5.74, 6) is 0.676. The number of hydrogen-bond donors (Lipinski definition) is 1. The van der Waals surface area contributed by atoms with Crippen molar-refractivity contribution in [3.63, 3.8) is 0 Å². The van der Waals surface area contributed by atoms with Crippen LogP contribution in [0.3, 0.4) is 0 Å². The first-order valence-electron chi connectivity index (χ1n) is 8.42. The smallest absolute Gasteiger partial charge is 0.251 e. The minimum atomic E-state index is -0.0861. The topological polar surface area (TPSA) is 47.6 Å². The maximum absolute atomic E-state index is 12.3. The van der Waals surface area contributed by atoms with E-state index in [1.807, 2.05) is 49.4 Å². The van der Waals surface area contributed by atoms with Crippen molar-refractivity contribution in [1.82, 2.24) is 5.32 Å². The van der Waals surface area contributed by atoms with Crippen molar-refractivity contribution >= 4 is 5.91 Å². The van der Waals surface area contributed by atoms with Gasteiger partial charge in [0.15, 0.2) is 0 Å². The van der Waals surface area contributed by atoms with Crippen molar-refractivity contribution in [2.45, 2.75) is 31.9 Å². The molecule has 0 aliphatic carbocycles. The highest BCUT2D eigenvalue weighted by molar-refractivity contribution is 5.94. The van der Waals surface area contributed by atoms with Crippen LogP contribution in [0.15, 0.2) is 54.6 Å². The largest absolute Gasteiger partial charge is 0.491 e. The van der Waals surface area contributed by atoms with Gasteiger partial charge in [-0.25, -0.2) is 0 Å². The van der Waals surface area contributed by atoms with Gasteiger partial charge >= 0.3 is 0 Å². The van der Waals surface area contributed by atoms with E-state index in [0.29, 0.717) is 12.2 Å². The molecule has 1 N–H and O–H groups in total. The average molecular weight is 325 g/mol. The summed E-state index contributed by atoms with van der Waals surface area (Å²) >= 11 is 0. The van der Waals surface area contributed by atoms with Crippen LogP contribution >= 0.6 is 0 Å². The molecule has 3 rings (SSSR count). The molecule has 0 radical (unpaired) electrons. The molecule has 4 nitrogen and oxygen atoms in total. The molecule has 4 heteroatoms. The second kappa shape index (κ2) is 7.97. The number of ether oxygens (including phenoxy) is 2. The predicted octanol–water partition coefficient (Wildman–Crippen LogP) is 3.74. The van der Waals surface area contributed by atoms with Gasteiger partial charge in [-0.2, -0.15) is 0 Å². The molecule has 2 aromatic carbocycles. The second-order valence-corrected chi connectivity index (χ2v) is 6.08. The maximum Gasteiger partial charge on any atom is 0.251 e. The monoisotopic (exact) mass is 325 g/mol. The highest BCUT2D eigenvalue weighted by Crippen LogP contribution is 2.17. The molecular formula is C20H23NO3. The Hall–Kier alpha value is -2.33. The number of carbonyl (C=O) groups excluding carboxylic acids is 1. The fraction of sp³-hybridized carbons (Fsp3) is 0.350. The quantitative estimate of drug-likeness (QED) is 0.880. The molecule has 1 fully saturated rings. The molecule has 1 amide bonds. The van der Waals surface area contributed by atoms with Crippen molar-refractivity contribution in [2.24, 2.45) is 0 Å². The molecule has 0 bridgehead atoms. The van der Waals surface area contributed by atoms with Crippen molar-refractivity contribution < 1.29 is 14.3 Å². The van der Waals surface area contributed by atoms with Crippen LogP contribution in [0.4, 0.5) is 0 Å². The standard InChI is InChI=1S/C20H23NO3/c1-15(16-6-3-2-4-7-16)21-20(22)17-9-11-18(12-10-17)24-14-19-8-5-13-23-19/h2-4,6-7,9-12,15,19H,5,8,13-14H2,1H3,(H,21,22). The summed E-state index contributed by atoms with van der Waals surface area (Å²) in [6.07, 6.45) is 2.35. The summed E-state index contributed by atoms with van der Waals surface area (Å²) in [6.45, 7) is 3.37. The summed E-state index contributed by atoms with van der Waals surface area (Å²) in [4.78, 5) is 12.3. The molecule has 0 spiro atoms. The zero-order valence-electron chi connectivity index (χ0n) is 13.9. The highest BCUT2D eigenvalue weighted by atomic mass is 16.5. The van der Waals surface area contributed by atoms with Gasteiger partial charge < -0.3 is 14.8 Å². The number of amides is 1. The van der Waals surface area contributed by atoms with Crippen molar-refractivity contribution in [3.05, 3.63) is 65.7 Å². The lowest BCUT2D eigenvalue weighted by Gasteiger charge is -2.15. The van der Waals surface area contributed by atoms with Crippen molar-refractivity contribution in [2.75, 3.05) is 13.2 Å². The minimum Gasteiger partial charge on any atom is -0.491 e. The van der Waals surface area contributed by atoms with Gasteiger partial charge in [-0.1, -0.05) is 30.3 Å². The zero-order chi connectivity index (χ0) is 16.8. The molecule has 1 aliphatic rings. The van der Waals surface area contributed by atoms with E-state index in [0.717, 1.165) is 30.8 Å². The Morgan fingerprint density at radius 2 is 1.96 bits per heavy atom. The maximum atomic E-state index is 12.3. The highest BCUT2D eigenvalue weighted by Gasteiger charge is 2.16. The summed E-state index contributed by atoms with van der Waals surface area (Å²) in [5.41, 5.74) is 1.71. The van der Waals surface area contributed by atoms with Gasteiger partial charge in [0.05, 0.1) is 12.1 Å². The molecule has 126 valence electrons. The number of rotatable bonds is 6. The number of carbonyl (C=O) groups is 1. The van der Waals surface area contributed by atoms with E-state index in [2.05, 4.69) is 5.32 Å². The number of benzene rings is 2. The van der Waals surface area contributed by atoms with E-state index in [1.165, 1.54) is 0 Å². The summed E-state index contributed by atoms with van der Waals surface area (Å²) < 4.78 is 11.3. The Kier molecular flexibility index (Phi) is 5.49. The van der Waals surface area contributed by atoms with Gasteiger partial charge in [-0.15, -0.1) is 0 Å². The molecule has 1 aliphatic heterocycles. The minimum absolute atomic E-state index is 0.0332. The fourth-order valence-electron chi connectivity index (χ4n) is 2.77. The lowest BCUT2D eigenvalue weighted by atomic mass is 10.1. The van der Waals surface area contributed by atoms with E-state index in [1.54, 1.807) is 12.1 Å². The third-order valence-corrected chi connectivity index (χ3v) is 4.22. The van der Waals surface area contributed by atoms with E-state index in [-0.39, 0.29) is 18.1 Å². The van der Waals surface area contributed by atoms with E-state index in [4.69, 9.17) is 9.47 Å².